The molecule has 1 atom stereocenters. The third-order valence-corrected chi connectivity index (χ3v) is 4.56. The van der Waals surface area contributed by atoms with Crippen LogP contribution >= 0.6 is 0 Å². The van der Waals surface area contributed by atoms with Crippen LogP contribution in [-0.4, -0.2) is 19.0 Å². The molecule has 2 nitrogen and oxygen atoms in total. The highest BCUT2D eigenvalue weighted by molar-refractivity contribution is 5.01. The summed E-state index contributed by atoms with van der Waals surface area (Å²) < 4.78 is 11.3. The number of rotatable bonds is 1. The van der Waals surface area contributed by atoms with E-state index >= 15 is 0 Å². The second kappa shape index (κ2) is 3.21. The van der Waals surface area contributed by atoms with Crippen molar-refractivity contribution in [3.05, 3.63) is 0 Å². The average Bonchev–Trinajstić information content (AvgIpc) is 1.99. The van der Waals surface area contributed by atoms with Gasteiger partial charge in [-0.05, 0) is 24.7 Å². The summed E-state index contributed by atoms with van der Waals surface area (Å²) in [7, 11) is 1.72. The van der Waals surface area contributed by atoms with Gasteiger partial charge in [0.1, 0.15) is 0 Å². The molecule has 2 heteroatoms. The Kier molecular flexibility index (Phi) is 2.75. The molecule has 14 heavy (non-hydrogen) atoms. The zero-order valence-electron chi connectivity index (χ0n) is 10.6. The molecule has 0 aliphatic carbocycles. The number of hydrogen-bond donors (Lipinski definition) is 0. The lowest BCUT2D eigenvalue weighted by Crippen LogP contribution is -2.58. The van der Waals surface area contributed by atoms with E-state index in [0.29, 0.717) is 0 Å². The van der Waals surface area contributed by atoms with E-state index in [0.717, 1.165) is 6.42 Å². The summed E-state index contributed by atoms with van der Waals surface area (Å²) >= 11 is 0. The summed E-state index contributed by atoms with van der Waals surface area (Å²) in [4.78, 5) is 0. The second-order valence-corrected chi connectivity index (χ2v) is 6.01. The molecule has 0 spiro atoms. The Labute approximate surface area is 88.0 Å². The van der Waals surface area contributed by atoms with Crippen LogP contribution in [0.25, 0.3) is 0 Å². The summed E-state index contributed by atoms with van der Waals surface area (Å²) in [5.74, 6) is 0. The van der Waals surface area contributed by atoms with Crippen LogP contribution in [-0.2, 0) is 9.47 Å². The fourth-order valence-electron chi connectivity index (χ4n) is 2.14. The van der Waals surface area contributed by atoms with Gasteiger partial charge in [-0.2, -0.15) is 0 Å². The molecular formula is C12H24O2. The molecule has 0 aromatic heterocycles. The minimum Gasteiger partial charge on any atom is -0.356 e. The maximum Gasteiger partial charge on any atom is 0.158 e. The molecule has 84 valence electrons. The maximum absolute atomic E-state index is 5.95. The molecule has 0 N–H and O–H groups in total. The standard InChI is InChI=1S/C12H24O2/c1-10(2)8-9(13-7)14-12(5,6)11(10,3)4/h9H,8H2,1-7H3. The van der Waals surface area contributed by atoms with Crippen molar-refractivity contribution >= 4 is 0 Å². The Balaban J connectivity index is 3.00. The summed E-state index contributed by atoms with van der Waals surface area (Å²) in [6, 6.07) is 0. The zero-order chi connectivity index (χ0) is 11.2. The van der Waals surface area contributed by atoms with Crippen molar-refractivity contribution in [3.8, 4) is 0 Å². The van der Waals surface area contributed by atoms with Gasteiger partial charge in [0, 0.05) is 13.5 Å². The Hall–Kier alpha value is -0.0800. The summed E-state index contributed by atoms with van der Waals surface area (Å²) in [5, 5.41) is 0. The van der Waals surface area contributed by atoms with E-state index in [-0.39, 0.29) is 22.7 Å². The molecule has 1 aliphatic rings. The van der Waals surface area contributed by atoms with Gasteiger partial charge in [0.15, 0.2) is 6.29 Å². The molecule has 0 saturated carbocycles. The monoisotopic (exact) mass is 200 g/mol. The molecule has 0 radical (unpaired) electrons. The van der Waals surface area contributed by atoms with Crippen LogP contribution in [0.5, 0.6) is 0 Å². The van der Waals surface area contributed by atoms with E-state index in [1.807, 2.05) is 0 Å². The van der Waals surface area contributed by atoms with E-state index in [4.69, 9.17) is 9.47 Å². The third kappa shape index (κ3) is 1.59. The van der Waals surface area contributed by atoms with Crippen LogP contribution in [0, 0.1) is 10.8 Å². The first kappa shape index (κ1) is 12.0. The fraction of sp³-hybridized carbons (Fsp3) is 1.00. The first-order valence-corrected chi connectivity index (χ1v) is 5.35. The van der Waals surface area contributed by atoms with Crippen LogP contribution in [0.15, 0.2) is 0 Å². The smallest absolute Gasteiger partial charge is 0.158 e. The van der Waals surface area contributed by atoms with Crippen molar-refractivity contribution in [2.75, 3.05) is 7.11 Å². The summed E-state index contributed by atoms with van der Waals surface area (Å²) in [5.41, 5.74) is 0.236. The summed E-state index contributed by atoms with van der Waals surface area (Å²) in [6.45, 7) is 13.4. The van der Waals surface area contributed by atoms with E-state index in [2.05, 4.69) is 41.5 Å². The lowest BCUT2D eigenvalue weighted by atomic mass is 9.57. The zero-order valence-corrected chi connectivity index (χ0v) is 10.6. The van der Waals surface area contributed by atoms with E-state index in [1.54, 1.807) is 7.11 Å². The third-order valence-electron chi connectivity index (χ3n) is 4.56. The lowest BCUT2D eigenvalue weighted by molar-refractivity contribution is -0.293. The van der Waals surface area contributed by atoms with Crippen LogP contribution in [0.2, 0.25) is 0 Å². The molecule has 1 saturated heterocycles. The van der Waals surface area contributed by atoms with Crippen LogP contribution < -0.4 is 0 Å². The molecule has 0 amide bonds. The molecule has 1 aliphatic heterocycles. The normalized spacial score (nSPS) is 34.1. The topological polar surface area (TPSA) is 18.5 Å². The van der Waals surface area contributed by atoms with Gasteiger partial charge in [0.05, 0.1) is 5.60 Å². The van der Waals surface area contributed by atoms with Crippen molar-refractivity contribution in [2.24, 2.45) is 10.8 Å². The lowest BCUT2D eigenvalue weighted by Gasteiger charge is -2.57. The van der Waals surface area contributed by atoms with Gasteiger partial charge >= 0.3 is 0 Å². The highest BCUT2D eigenvalue weighted by atomic mass is 16.7. The number of methoxy groups -OCH3 is 1. The second-order valence-electron chi connectivity index (χ2n) is 6.01. The first-order valence-electron chi connectivity index (χ1n) is 5.35. The first-order chi connectivity index (χ1) is 6.14. The average molecular weight is 200 g/mol. The minimum atomic E-state index is -0.143. The van der Waals surface area contributed by atoms with Crippen molar-refractivity contribution in [2.45, 2.75) is 59.9 Å². The van der Waals surface area contributed by atoms with Crippen molar-refractivity contribution < 1.29 is 9.47 Å². The van der Waals surface area contributed by atoms with Gasteiger partial charge in [-0.1, -0.05) is 27.7 Å². The quantitative estimate of drug-likeness (QED) is 0.647. The van der Waals surface area contributed by atoms with Gasteiger partial charge < -0.3 is 9.47 Å². The number of ether oxygens (including phenoxy) is 2. The maximum atomic E-state index is 5.95. The van der Waals surface area contributed by atoms with E-state index in [1.165, 1.54) is 0 Å². The van der Waals surface area contributed by atoms with Crippen molar-refractivity contribution in [1.82, 2.24) is 0 Å². The van der Waals surface area contributed by atoms with Crippen LogP contribution in [0.4, 0.5) is 0 Å². The predicted molar refractivity (Wildman–Crippen MR) is 58.1 cm³/mol. The SMILES string of the molecule is COC1CC(C)(C)C(C)(C)C(C)(C)O1. The Bertz CT molecular complexity index is 196. The van der Waals surface area contributed by atoms with Crippen molar-refractivity contribution in [3.63, 3.8) is 0 Å². The van der Waals surface area contributed by atoms with Crippen molar-refractivity contribution in [1.29, 1.82) is 0 Å². The van der Waals surface area contributed by atoms with Gasteiger partial charge in [-0.15, -0.1) is 0 Å². The van der Waals surface area contributed by atoms with Gasteiger partial charge in [0.2, 0.25) is 0 Å². The molecule has 1 fully saturated rings. The van der Waals surface area contributed by atoms with Crippen LogP contribution in [0.1, 0.15) is 48.0 Å². The molecule has 1 rings (SSSR count). The molecular weight excluding hydrogens is 176 g/mol. The highest BCUT2D eigenvalue weighted by Gasteiger charge is 2.54. The fourth-order valence-corrected chi connectivity index (χ4v) is 2.14. The largest absolute Gasteiger partial charge is 0.356 e. The van der Waals surface area contributed by atoms with Gasteiger partial charge in [-0.25, -0.2) is 0 Å². The van der Waals surface area contributed by atoms with E-state index < -0.39 is 0 Å². The molecule has 0 aromatic rings. The molecule has 0 bridgehead atoms. The Morgan fingerprint density at radius 3 is 1.93 bits per heavy atom. The number of hydrogen-bond acceptors (Lipinski definition) is 2. The molecule has 1 unspecified atom stereocenters. The molecule has 1 heterocycles. The Morgan fingerprint density at radius 2 is 1.57 bits per heavy atom. The van der Waals surface area contributed by atoms with Crippen LogP contribution in [0.3, 0.4) is 0 Å². The molecule has 0 aromatic carbocycles. The van der Waals surface area contributed by atoms with E-state index in [9.17, 15) is 0 Å². The Morgan fingerprint density at radius 1 is 1.07 bits per heavy atom. The predicted octanol–water partition coefficient (Wildman–Crippen LogP) is 3.21. The van der Waals surface area contributed by atoms with Gasteiger partial charge in [-0.3, -0.25) is 0 Å². The minimum absolute atomic E-state index is 0.0620. The summed E-state index contributed by atoms with van der Waals surface area (Å²) in [6.07, 6.45) is 0.896. The van der Waals surface area contributed by atoms with Gasteiger partial charge in [0.25, 0.3) is 0 Å². The highest BCUT2D eigenvalue weighted by Crippen LogP contribution is 2.54.